The lowest BCUT2D eigenvalue weighted by Crippen LogP contribution is -2.07. The van der Waals surface area contributed by atoms with Crippen molar-refractivity contribution in [1.82, 2.24) is 9.97 Å². The molecule has 0 spiro atoms. The summed E-state index contributed by atoms with van der Waals surface area (Å²) in [5.41, 5.74) is -0.942. The Morgan fingerprint density at radius 1 is 1.28 bits per heavy atom. The second kappa shape index (κ2) is 4.52. The molecule has 0 saturated heterocycles. The number of hydrogen-bond acceptors (Lipinski definition) is 4. The summed E-state index contributed by atoms with van der Waals surface area (Å²) < 4.78 is 55.4. The Bertz CT molecular complexity index is 567. The van der Waals surface area contributed by atoms with E-state index in [2.05, 4.69) is 14.7 Å². The number of nitrogens with zero attached hydrogens (tertiary/aromatic N) is 2. The van der Waals surface area contributed by atoms with E-state index in [1.54, 1.807) is 0 Å². The minimum atomic E-state index is -4.61. The SMILES string of the molecule is COc1sc(-c2cncc(F)c2)nc1C(F)(F)F. The van der Waals surface area contributed by atoms with Gasteiger partial charge in [0.2, 0.25) is 5.06 Å². The van der Waals surface area contributed by atoms with E-state index in [1.165, 1.54) is 6.20 Å². The minimum absolute atomic E-state index is 0.00572. The molecule has 0 radical (unpaired) electrons. The number of halogens is 4. The third-order valence-corrected chi connectivity index (χ3v) is 3.07. The molecule has 2 aromatic heterocycles. The molecular weight excluding hydrogens is 272 g/mol. The fourth-order valence-corrected chi connectivity index (χ4v) is 2.16. The van der Waals surface area contributed by atoms with E-state index in [1.807, 2.05) is 0 Å². The summed E-state index contributed by atoms with van der Waals surface area (Å²) in [7, 11) is 1.12. The highest BCUT2D eigenvalue weighted by atomic mass is 32.1. The molecule has 8 heteroatoms. The molecule has 0 aliphatic heterocycles. The summed E-state index contributed by atoms with van der Waals surface area (Å²) in [6.07, 6.45) is -2.42. The lowest BCUT2D eigenvalue weighted by atomic mass is 10.3. The van der Waals surface area contributed by atoms with Crippen LogP contribution in [0.1, 0.15) is 5.69 Å². The van der Waals surface area contributed by atoms with Crippen molar-refractivity contribution in [2.75, 3.05) is 7.11 Å². The predicted octanol–water partition coefficient (Wildman–Crippen LogP) is 3.37. The largest absolute Gasteiger partial charge is 0.486 e. The number of pyridine rings is 1. The highest BCUT2D eigenvalue weighted by Gasteiger charge is 2.38. The molecule has 0 N–H and O–H groups in total. The number of alkyl halides is 3. The van der Waals surface area contributed by atoms with Gasteiger partial charge in [0.1, 0.15) is 10.8 Å². The average molecular weight is 278 g/mol. The topological polar surface area (TPSA) is 35.0 Å². The van der Waals surface area contributed by atoms with Gasteiger partial charge in [0.25, 0.3) is 0 Å². The van der Waals surface area contributed by atoms with E-state index in [4.69, 9.17) is 0 Å². The second-order valence-corrected chi connectivity index (χ2v) is 4.21. The first-order valence-corrected chi connectivity index (χ1v) is 5.46. The van der Waals surface area contributed by atoms with Crippen LogP contribution < -0.4 is 4.74 Å². The van der Waals surface area contributed by atoms with Gasteiger partial charge in [-0.05, 0) is 6.07 Å². The van der Waals surface area contributed by atoms with Gasteiger partial charge >= 0.3 is 6.18 Å². The van der Waals surface area contributed by atoms with E-state index in [0.29, 0.717) is 11.3 Å². The normalized spacial score (nSPS) is 11.6. The third kappa shape index (κ3) is 2.42. The van der Waals surface area contributed by atoms with Crippen molar-refractivity contribution in [2.24, 2.45) is 0 Å². The van der Waals surface area contributed by atoms with Crippen molar-refractivity contribution in [1.29, 1.82) is 0 Å². The van der Waals surface area contributed by atoms with Crippen LogP contribution in [0, 0.1) is 5.82 Å². The molecule has 96 valence electrons. The van der Waals surface area contributed by atoms with Crippen LogP contribution in [0.15, 0.2) is 18.5 Å². The molecule has 0 unspecified atom stereocenters. The molecule has 0 atom stereocenters. The summed E-state index contributed by atoms with van der Waals surface area (Å²) in [4.78, 5) is 6.98. The monoisotopic (exact) mass is 278 g/mol. The molecule has 0 saturated carbocycles. The first-order valence-electron chi connectivity index (χ1n) is 4.64. The van der Waals surface area contributed by atoms with E-state index >= 15 is 0 Å². The van der Waals surface area contributed by atoms with Crippen molar-refractivity contribution in [3.8, 4) is 15.6 Å². The lowest BCUT2D eigenvalue weighted by molar-refractivity contribution is -0.141. The molecule has 0 amide bonds. The van der Waals surface area contributed by atoms with Gasteiger partial charge in [0.05, 0.1) is 13.3 Å². The Balaban J connectivity index is 2.51. The smallest absolute Gasteiger partial charge is 0.437 e. The maximum Gasteiger partial charge on any atom is 0.437 e. The first-order chi connectivity index (χ1) is 8.41. The Kier molecular flexibility index (Phi) is 3.20. The van der Waals surface area contributed by atoms with Crippen molar-refractivity contribution in [2.45, 2.75) is 6.18 Å². The van der Waals surface area contributed by atoms with Crippen LogP contribution >= 0.6 is 11.3 Å². The maximum absolute atomic E-state index is 12.9. The molecule has 0 aromatic carbocycles. The van der Waals surface area contributed by atoms with Crippen LogP contribution in [0.4, 0.5) is 17.6 Å². The summed E-state index contributed by atoms with van der Waals surface area (Å²) in [6.45, 7) is 0. The molecule has 0 fully saturated rings. The summed E-state index contributed by atoms with van der Waals surface area (Å²) in [5, 5.41) is -0.354. The summed E-state index contributed by atoms with van der Waals surface area (Å²) in [6, 6.07) is 1.06. The minimum Gasteiger partial charge on any atom is -0.486 e. The molecule has 2 aromatic rings. The van der Waals surface area contributed by atoms with Gasteiger partial charge in [-0.15, -0.1) is 0 Å². The Morgan fingerprint density at radius 2 is 2.00 bits per heavy atom. The highest BCUT2D eigenvalue weighted by Crippen LogP contribution is 2.42. The van der Waals surface area contributed by atoms with Gasteiger partial charge in [-0.25, -0.2) is 9.37 Å². The van der Waals surface area contributed by atoms with Crippen LogP contribution in [-0.4, -0.2) is 17.1 Å². The highest BCUT2D eigenvalue weighted by molar-refractivity contribution is 7.17. The zero-order valence-electron chi connectivity index (χ0n) is 8.95. The van der Waals surface area contributed by atoms with Gasteiger partial charge in [-0.3, -0.25) is 4.98 Å². The number of hydrogen-bond donors (Lipinski definition) is 0. The Morgan fingerprint density at radius 3 is 2.50 bits per heavy atom. The molecule has 18 heavy (non-hydrogen) atoms. The number of thiazole rings is 1. The molecule has 2 rings (SSSR count). The van der Waals surface area contributed by atoms with Crippen LogP contribution in [0.3, 0.4) is 0 Å². The van der Waals surface area contributed by atoms with E-state index in [-0.39, 0.29) is 15.6 Å². The van der Waals surface area contributed by atoms with Gasteiger partial charge < -0.3 is 4.74 Å². The molecule has 0 aliphatic rings. The second-order valence-electron chi connectivity index (χ2n) is 3.25. The van der Waals surface area contributed by atoms with Crippen LogP contribution in [0.2, 0.25) is 0 Å². The van der Waals surface area contributed by atoms with Crippen molar-refractivity contribution in [3.05, 3.63) is 30.0 Å². The van der Waals surface area contributed by atoms with Crippen LogP contribution in [0.25, 0.3) is 10.6 Å². The molecule has 0 bridgehead atoms. The zero-order valence-corrected chi connectivity index (χ0v) is 9.77. The fraction of sp³-hybridized carbons (Fsp3) is 0.200. The number of rotatable bonds is 2. The average Bonchev–Trinajstić information content (AvgIpc) is 2.72. The lowest BCUT2D eigenvalue weighted by Gasteiger charge is -2.03. The van der Waals surface area contributed by atoms with E-state index < -0.39 is 17.7 Å². The number of aromatic nitrogens is 2. The van der Waals surface area contributed by atoms with E-state index in [9.17, 15) is 17.6 Å². The zero-order chi connectivity index (χ0) is 13.3. The number of ether oxygens (including phenoxy) is 1. The van der Waals surface area contributed by atoms with Crippen molar-refractivity contribution >= 4 is 11.3 Å². The van der Waals surface area contributed by atoms with Gasteiger partial charge in [-0.2, -0.15) is 13.2 Å². The van der Waals surface area contributed by atoms with Gasteiger partial charge in [0.15, 0.2) is 5.69 Å². The quantitative estimate of drug-likeness (QED) is 0.790. The fourth-order valence-electron chi connectivity index (χ4n) is 1.28. The van der Waals surface area contributed by atoms with Crippen molar-refractivity contribution < 1.29 is 22.3 Å². The summed E-state index contributed by atoms with van der Waals surface area (Å²) in [5.74, 6) is -0.643. The summed E-state index contributed by atoms with van der Waals surface area (Å²) >= 11 is 0.688. The molecular formula is C10H6F4N2OS. The Hall–Kier alpha value is -1.70. The number of methoxy groups -OCH3 is 1. The van der Waals surface area contributed by atoms with Gasteiger partial charge in [-0.1, -0.05) is 11.3 Å². The molecule has 2 heterocycles. The van der Waals surface area contributed by atoms with Crippen LogP contribution in [0.5, 0.6) is 5.06 Å². The predicted molar refractivity (Wildman–Crippen MR) is 56.9 cm³/mol. The van der Waals surface area contributed by atoms with E-state index in [0.717, 1.165) is 19.4 Å². The first kappa shape index (κ1) is 12.7. The van der Waals surface area contributed by atoms with Gasteiger partial charge in [0, 0.05) is 11.8 Å². The molecule has 0 aliphatic carbocycles. The molecule has 3 nitrogen and oxygen atoms in total. The van der Waals surface area contributed by atoms with Crippen molar-refractivity contribution in [3.63, 3.8) is 0 Å². The van der Waals surface area contributed by atoms with Crippen LogP contribution in [-0.2, 0) is 6.18 Å². The maximum atomic E-state index is 12.9. The third-order valence-electron chi connectivity index (χ3n) is 2.00. The Labute approximate surface area is 103 Å². The standard InChI is InChI=1S/C10H6F4N2OS/c1-17-9-7(10(12,13)14)16-8(18-9)5-2-6(11)4-15-3-5/h2-4H,1H3.